The minimum Gasteiger partial charge on any atom is -0.370 e. The Hall–Kier alpha value is -1.34. The quantitative estimate of drug-likeness (QED) is 0.617. The number of nitrogens with one attached hydrogen (secondary N) is 1. The van der Waals surface area contributed by atoms with Crippen molar-refractivity contribution < 1.29 is 0 Å². The van der Waals surface area contributed by atoms with E-state index < -0.39 is 0 Å². The van der Waals surface area contributed by atoms with E-state index in [4.69, 9.17) is 16.9 Å². The molecule has 80 valence electrons. The fraction of sp³-hybridized carbons (Fsp3) is 0.500. The van der Waals surface area contributed by atoms with Gasteiger partial charge >= 0.3 is 0 Å². The predicted molar refractivity (Wildman–Crippen MR) is 59.7 cm³/mol. The molecule has 0 aliphatic rings. The molecule has 0 aliphatic carbocycles. The maximum Gasteiger partial charge on any atom is 0.134 e. The first-order valence-corrected chi connectivity index (χ1v) is 5.22. The summed E-state index contributed by atoms with van der Waals surface area (Å²) in [6.07, 6.45) is 2.46. The Labute approximate surface area is 94.3 Å². The molecule has 1 aromatic heterocycles. The highest BCUT2D eigenvalue weighted by Crippen LogP contribution is 2.11. The van der Waals surface area contributed by atoms with E-state index in [1.54, 1.807) is 13.0 Å². The van der Waals surface area contributed by atoms with Gasteiger partial charge in [0.1, 0.15) is 16.8 Å². The number of anilines is 1. The van der Waals surface area contributed by atoms with Crippen LogP contribution >= 0.6 is 11.6 Å². The van der Waals surface area contributed by atoms with Crippen LogP contribution in [0.1, 0.15) is 25.1 Å². The van der Waals surface area contributed by atoms with Gasteiger partial charge in [-0.25, -0.2) is 9.97 Å². The van der Waals surface area contributed by atoms with Gasteiger partial charge in [0.05, 0.1) is 6.07 Å². The standard InChI is InChI=1S/C10H13ClN4/c1-8-14-9(11)7-10(15-8)13-6-4-2-3-5-12/h7H,2-4,6H2,1H3,(H,13,14,15). The molecule has 0 aromatic carbocycles. The molecule has 1 heterocycles. The third-order valence-electron chi connectivity index (χ3n) is 1.83. The molecular weight excluding hydrogens is 212 g/mol. The molecule has 0 amide bonds. The lowest BCUT2D eigenvalue weighted by molar-refractivity contribution is 0.781. The Kier molecular flexibility index (Phi) is 4.85. The normalized spacial score (nSPS) is 9.67. The lowest BCUT2D eigenvalue weighted by atomic mass is 10.2. The van der Waals surface area contributed by atoms with Crippen LogP contribution in [-0.2, 0) is 0 Å². The lowest BCUT2D eigenvalue weighted by Crippen LogP contribution is -2.04. The molecule has 0 saturated carbocycles. The van der Waals surface area contributed by atoms with Gasteiger partial charge in [0.2, 0.25) is 0 Å². The number of unbranched alkanes of at least 4 members (excludes halogenated alkanes) is 2. The first kappa shape index (κ1) is 11.7. The first-order valence-electron chi connectivity index (χ1n) is 4.84. The molecule has 1 rings (SSSR count). The van der Waals surface area contributed by atoms with Gasteiger partial charge in [0.25, 0.3) is 0 Å². The minimum atomic E-state index is 0.446. The SMILES string of the molecule is Cc1nc(Cl)cc(NCCCCC#N)n1. The summed E-state index contributed by atoms with van der Waals surface area (Å²) in [5.74, 6) is 1.39. The molecule has 5 heteroatoms. The smallest absolute Gasteiger partial charge is 0.134 e. The highest BCUT2D eigenvalue weighted by molar-refractivity contribution is 6.29. The van der Waals surface area contributed by atoms with Crippen LogP contribution in [0.25, 0.3) is 0 Å². The molecule has 4 nitrogen and oxygen atoms in total. The topological polar surface area (TPSA) is 61.6 Å². The number of nitriles is 1. The number of nitrogens with zero attached hydrogens (tertiary/aromatic N) is 3. The molecule has 1 aromatic rings. The van der Waals surface area contributed by atoms with Gasteiger partial charge in [0.15, 0.2) is 0 Å². The molecule has 0 unspecified atom stereocenters. The molecule has 0 fully saturated rings. The van der Waals surface area contributed by atoms with Crippen molar-refractivity contribution in [3.63, 3.8) is 0 Å². The van der Waals surface area contributed by atoms with Gasteiger partial charge in [-0.3, -0.25) is 0 Å². The molecular formula is C10H13ClN4. The first-order chi connectivity index (χ1) is 7.22. The van der Waals surface area contributed by atoms with Gasteiger partial charge in [-0.2, -0.15) is 5.26 Å². The van der Waals surface area contributed by atoms with Crippen LogP contribution in [0.5, 0.6) is 0 Å². The van der Waals surface area contributed by atoms with Crippen molar-refractivity contribution in [2.45, 2.75) is 26.2 Å². The number of aryl methyl sites for hydroxylation is 1. The summed E-state index contributed by atoms with van der Waals surface area (Å²) < 4.78 is 0. The van der Waals surface area contributed by atoms with Crippen molar-refractivity contribution in [2.75, 3.05) is 11.9 Å². The van der Waals surface area contributed by atoms with E-state index >= 15 is 0 Å². The molecule has 0 spiro atoms. The summed E-state index contributed by atoms with van der Waals surface area (Å²) in [6, 6.07) is 3.80. The summed E-state index contributed by atoms with van der Waals surface area (Å²) in [4.78, 5) is 8.14. The Morgan fingerprint density at radius 2 is 2.27 bits per heavy atom. The monoisotopic (exact) mass is 224 g/mol. The van der Waals surface area contributed by atoms with E-state index in [1.807, 2.05) is 0 Å². The second-order valence-corrected chi connectivity index (χ2v) is 3.55. The molecule has 0 bridgehead atoms. The van der Waals surface area contributed by atoms with E-state index in [1.165, 1.54) is 0 Å². The van der Waals surface area contributed by atoms with E-state index in [0.717, 1.165) is 25.2 Å². The second kappa shape index (κ2) is 6.20. The molecule has 1 N–H and O–H groups in total. The van der Waals surface area contributed by atoms with Gasteiger partial charge in [-0.1, -0.05) is 11.6 Å². The highest BCUT2D eigenvalue weighted by atomic mass is 35.5. The van der Waals surface area contributed by atoms with Gasteiger partial charge in [0, 0.05) is 19.0 Å². The number of aromatic nitrogens is 2. The Balaban J connectivity index is 2.34. The largest absolute Gasteiger partial charge is 0.370 e. The van der Waals surface area contributed by atoms with Crippen molar-refractivity contribution in [1.82, 2.24) is 9.97 Å². The van der Waals surface area contributed by atoms with Crippen molar-refractivity contribution in [3.05, 3.63) is 17.0 Å². The van der Waals surface area contributed by atoms with Crippen LogP contribution in [0, 0.1) is 18.3 Å². The van der Waals surface area contributed by atoms with E-state index in [-0.39, 0.29) is 0 Å². The minimum absolute atomic E-state index is 0.446. The van der Waals surface area contributed by atoms with Crippen molar-refractivity contribution in [1.29, 1.82) is 5.26 Å². The number of hydrogen-bond acceptors (Lipinski definition) is 4. The fourth-order valence-corrected chi connectivity index (χ4v) is 1.39. The Morgan fingerprint density at radius 1 is 1.47 bits per heavy atom. The molecule has 0 atom stereocenters. The van der Waals surface area contributed by atoms with Crippen LogP contribution in [0.2, 0.25) is 5.15 Å². The summed E-state index contributed by atoms with van der Waals surface area (Å²) >= 11 is 5.78. The Bertz CT molecular complexity index is 339. The highest BCUT2D eigenvalue weighted by Gasteiger charge is 1.98. The van der Waals surface area contributed by atoms with E-state index in [2.05, 4.69) is 21.4 Å². The zero-order valence-corrected chi connectivity index (χ0v) is 9.38. The van der Waals surface area contributed by atoms with Crippen molar-refractivity contribution in [3.8, 4) is 6.07 Å². The second-order valence-electron chi connectivity index (χ2n) is 3.17. The lowest BCUT2D eigenvalue weighted by Gasteiger charge is -2.05. The maximum atomic E-state index is 8.35. The number of rotatable bonds is 5. The van der Waals surface area contributed by atoms with E-state index in [0.29, 0.717) is 17.4 Å². The third-order valence-corrected chi connectivity index (χ3v) is 2.02. The molecule has 0 radical (unpaired) electrons. The summed E-state index contributed by atoms with van der Waals surface area (Å²) in [6.45, 7) is 2.60. The Morgan fingerprint density at radius 3 is 2.93 bits per heavy atom. The fourth-order valence-electron chi connectivity index (χ4n) is 1.17. The van der Waals surface area contributed by atoms with Crippen LogP contribution in [-0.4, -0.2) is 16.5 Å². The molecule has 0 saturated heterocycles. The molecule has 0 aliphatic heterocycles. The summed E-state index contributed by atoms with van der Waals surface area (Å²) in [5, 5.41) is 11.9. The van der Waals surface area contributed by atoms with Crippen molar-refractivity contribution >= 4 is 17.4 Å². The maximum absolute atomic E-state index is 8.35. The van der Waals surface area contributed by atoms with E-state index in [9.17, 15) is 0 Å². The zero-order chi connectivity index (χ0) is 11.1. The van der Waals surface area contributed by atoms with Gasteiger partial charge < -0.3 is 5.32 Å². The summed E-state index contributed by atoms with van der Waals surface area (Å²) in [5.41, 5.74) is 0. The van der Waals surface area contributed by atoms with Gasteiger partial charge in [-0.05, 0) is 19.8 Å². The van der Waals surface area contributed by atoms with Crippen LogP contribution < -0.4 is 5.32 Å². The van der Waals surface area contributed by atoms with Crippen LogP contribution in [0.4, 0.5) is 5.82 Å². The molecule has 15 heavy (non-hydrogen) atoms. The third kappa shape index (κ3) is 4.61. The summed E-state index contributed by atoms with van der Waals surface area (Å²) in [7, 11) is 0. The van der Waals surface area contributed by atoms with Gasteiger partial charge in [-0.15, -0.1) is 0 Å². The number of halogens is 1. The predicted octanol–water partition coefficient (Wildman–Crippen LogP) is 2.54. The number of hydrogen-bond donors (Lipinski definition) is 1. The van der Waals surface area contributed by atoms with Crippen LogP contribution in [0.3, 0.4) is 0 Å². The zero-order valence-electron chi connectivity index (χ0n) is 8.63. The average molecular weight is 225 g/mol. The average Bonchev–Trinajstić information content (AvgIpc) is 2.16. The van der Waals surface area contributed by atoms with Crippen molar-refractivity contribution in [2.24, 2.45) is 0 Å². The van der Waals surface area contributed by atoms with Crippen LogP contribution in [0.15, 0.2) is 6.07 Å².